The van der Waals surface area contributed by atoms with Gasteiger partial charge in [-0.15, -0.1) is 0 Å². The van der Waals surface area contributed by atoms with Crippen LogP contribution in [-0.2, 0) is 9.59 Å². The van der Waals surface area contributed by atoms with Crippen LogP contribution in [-0.4, -0.2) is 43.0 Å². The molecule has 0 aromatic heterocycles. The molecule has 2 amide bonds. The van der Waals surface area contributed by atoms with Gasteiger partial charge in [0.15, 0.2) is 6.61 Å². The lowest BCUT2D eigenvalue weighted by atomic mass is 10.3. The smallest absolute Gasteiger partial charge is 0.258 e. The van der Waals surface area contributed by atoms with E-state index in [1.54, 1.807) is 17.0 Å². The van der Waals surface area contributed by atoms with Crippen LogP contribution in [0.2, 0.25) is 0 Å². The molecule has 108 valence electrons. The number of carbonyl (C=O) groups excluding carboxylic acids is 2. The quantitative estimate of drug-likeness (QED) is 0.884. The number of nitrogens with one attached hydrogen (secondary N) is 1. The van der Waals surface area contributed by atoms with Gasteiger partial charge in [-0.05, 0) is 37.1 Å². The second kappa shape index (κ2) is 7.28. The number of ether oxygens (including phenoxy) is 1. The van der Waals surface area contributed by atoms with Crippen LogP contribution < -0.4 is 10.1 Å². The summed E-state index contributed by atoms with van der Waals surface area (Å²) in [6.07, 6.45) is 2.10. The summed E-state index contributed by atoms with van der Waals surface area (Å²) in [5.74, 6) is 0.300. The van der Waals surface area contributed by atoms with Crippen molar-refractivity contribution in [1.82, 2.24) is 10.2 Å². The number of likely N-dealkylation sites (tertiary alicyclic amines) is 1. The normalized spacial score (nSPS) is 14.2. The Morgan fingerprint density at radius 1 is 1.20 bits per heavy atom. The third-order valence-electron chi connectivity index (χ3n) is 3.08. The Hall–Kier alpha value is -1.56. The van der Waals surface area contributed by atoms with Gasteiger partial charge in [0, 0.05) is 17.6 Å². The molecule has 0 aliphatic carbocycles. The Balaban J connectivity index is 1.67. The molecular weight excluding hydrogens is 324 g/mol. The van der Waals surface area contributed by atoms with E-state index in [4.69, 9.17) is 4.74 Å². The highest BCUT2D eigenvalue weighted by atomic mass is 79.9. The van der Waals surface area contributed by atoms with Crippen molar-refractivity contribution < 1.29 is 14.3 Å². The Labute approximate surface area is 126 Å². The van der Waals surface area contributed by atoms with E-state index < -0.39 is 0 Å². The first-order chi connectivity index (χ1) is 9.65. The number of carbonyl (C=O) groups is 2. The SMILES string of the molecule is O=C(COc1ccc(Br)cc1)NCC(=O)N1CCCC1. The van der Waals surface area contributed by atoms with Crippen LogP contribution in [0.15, 0.2) is 28.7 Å². The maximum Gasteiger partial charge on any atom is 0.258 e. The fraction of sp³-hybridized carbons (Fsp3) is 0.429. The molecule has 0 spiro atoms. The van der Waals surface area contributed by atoms with Crippen molar-refractivity contribution in [2.45, 2.75) is 12.8 Å². The fourth-order valence-corrected chi connectivity index (χ4v) is 2.25. The van der Waals surface area contributed by atoms with Gasteiger partial charge in [0.05, 0.1) is 6.54 Å². The molecule has 0 atom stereocenters. The standard InChI is InChI=1S/C14H17BrN2O3/c15-11-3-5-12(6-4-11)20-10-13(18)16-9-14(19)17-7-1-2-8-17/h3-6H,1-2,7-10H2,(H,16,18). The number of amides is 2. The van der Waals surface area contributed by atoms with Gasteiger partial charge in [-0.25, -0.2) is 0 Å². The van der Waals surface area contributed by atoms with Crippen molar-refractivity contribution in [3.05, 3.63) is 28.7 Å². The maximum atomic E-state index is 11.7. The number of benzene rings is 1. The summed E-state index contributed by atoms with van der Waals surface area (Å²) >= 11 is 3.32. The van der Waals surface area contributed by atoms with Crippen LogP contribution in [0.1, 0.15) is 12.8 Å². The van der Waals surface area contributed by atoms with Gasteiger partial charge in [-0.3, -0.25) is 9.59 Å². The summed E-state index contributed by atoms with van der Waals surface area (Å²) in [6.45, 7) is 1.55. The lowest BCUT2D eigenvalue weighted by Gasteiger charge is -2.15. The first kappa shape index (κ1) is 14.8. The van der Waals surface area contributed by atoms with Crippen LogP contribution >= 0.6 is 15.9 Å². The predicted octanol–water partition coefficient (Wildman–Crippen LogP) is 1.57. The Morgan fingerprint density at radius 3 is 2.50 bits per heavy atom. The lowest BCUT2D eigenvalue weighted by molar-refractivity contribution is -0.132. The van der Waals surface area contributed by atoms with Crippen molar-refractivity contribution in [2.24, 2.45) is 0 Å². The van der Waals surface area contributed by atoms with Gasteiger partial charge < -0.3 is 15.0 Å². The summed E-state index contributed by atoms with van der Waals surface area (Å²) in [6, 6.07) is 7.22. The van der Waals surface area contributed by atoms with E-state index in [9.17, 15) is 9.59 Å². The van der Waals surface area contributed by atoms with Gasteiger partial charge in [0.25, 0.3) is 5.91 Å². The molecule has 1 aromatic carbocycles. The highest BCUT2D eigenvalue weighted by Crippen LogP contribution is 2.15. The minimum absolute atomic E-state index is 0.0282. The topological polar surface area (TPSA) is 58.6 Å². The third kappa shape index (κ3) is 4.52. The molecule has 20 heavy (non-hydrogen) atoms. The first-order valence-electron chi connectivity index (χ1n) is 6.58. The van der Waals surface area contributed by atoms with Crippen LogP contribution in [0.4, 0.5) is 0 Å². The van der Waals surface area contributed by atoms with Crippen LogP contribution in [0.5, 0.6) is 5.75 Å². The number of hydrogen-bond donors (Lipinski definition) is 1. The Morgan fingerprint density at radius 2 is 1.85 bits per heavy atom. The predicted molar refractivity (Wildman–Crippen MR) is 78.5 cm³/mol. The highest BCUT2D eigenvalue weighted by Gasteiger charge is 2.18. The summed E-state index contributed by atoms with van der Waals surface area (Å²) in [4.78, 5) is 25.1. The molecule has 1 N–H and O–H groups in total. The minimum Gasteiger partial charge on any atom is -0.484 e. The summed E-state index contributed by atoms with van der Waals surface area (Å²) in [5.41, 5.74) is 0. The van der Waals surface area contributed by atoms with Gasteiger partial charge in [0.2, 0.25) is 5.91 Å². The molecule has 0 saturated carbocycles. The molecule has 1 saturated heterocycles. The minimum atomic E-state index is -0.291. The number of nitrogens with zero attached hydrogens (tertiary/aromatic N) is 1. The van der Waals surface area contributed by atoms with E-state index in [-0.39, 0.29) is 25.0 Å². The zero-order valence-electron chi connectivity index (χ0n) is 11.1. The zero-order valence-corrected chi connectivity index (χ0v) is 12.7. The average Bonchev–Trinajstić information content (AvgIpc) is 2.98. The maximum absolute atomic E-state index is 11.7. The molecule has 2 rings (SSSR count). The van der Waals surface area contributed by atoms with Crippen molar-refractivity contribution in [3.8, 4) is 5.75 Å². The van der Waals surface area contributed by atoms with E-state index in [2.05, 4.69) is 21.2 Å². The Kier molecular flexibility index (Phi) is 5.40. The van der Waals surface area contributed by atoms with Crippen molar-refractivity contribution >= 4 is 27.7 Å². The second-order valence-electron chi connectivity index (χ2n) is 4.61. The molecule has 1 heterocycles. The third-order valence-corrected chi connectivity index (χ3v) is 3.61. The van der Waals surface area contributed by atoms with Crippen LogP contribution in [0, 0.1) is 0 Å². The molecule has 1 aromatic rings. The lowest BCUT2D eigenvalue weighted by Crippen LogP contribution is -2.40. The monoisotopic (exact) mass is 340 g/mol. The van der Waals surface area contributed by atoms with E-state index >= 15 is 0 Å². The zero-order chi connectivity index (χ0) is 14.4. The molecule has 0 unspecified atom stereocenters. The van der Waals surface area contributed by atoms with Gasteiger partial charge in [0.1, 0.15) is 5.75 Å². The van der Waals surface area contributed by atoms with Crippen molar-refractivity contribution in [3.63, 3.8) is 0 Å². The van der Waals surface area contributed by atoms with Crippen LogP contribution in [0.25, 0.3) is 0 Å². The molecule has 5 nitrogen and oxygen atoms in total. The fourth-order valence-electron chi connectivity index (χ4n) is 1.98. The highest BCUT2D eigenvalue weighted by molar-refractivity contribution is 9.10. The van der Waals surface area contributed by atoms with Gasteiger partial charge in [-0.2, -0.15) is 0 Å². The molecule has 0 radical (unpaired) electrons. The van der Waals surface area contributed by atoms with Crippen LogP contribution in [0.3, 0.4) is 0 Å². The Bertz CT molecular complexity index is 470. The van der Waals surface area contributed by atoms with E-state index in [0.29, 0.717) is 5.75 Å². The van der Waals surface area contributed by atoms with Gasteiger partial charge in [-0.1, -0.05) is 15.9 Å². The first-order valence-corrected chi connectivity index (χ1v) is 7.37. The molecule has 1 fully saturated rings. The second-order valence-corrected chi connectivity index (χ2v) is 5.52. The molecule has 1 aliphatic heterocycles. The number of halogens is 1. The summed E-state index contributed by atoms with van der Waals surface area (Å²) in [7, 11) is 0. The van der Waals surface area contributed by atoms with Crippen molar-refractivity contribution in [1.29, 1.82) is 0 Å². The molecule has 0 bridgehead atoms. The number of rotatable bonds is 5. The van der Waals surface area contributed by atoms with E-state index in [1.807, 2.05) is 12.1 Å². The van der Waals surface area contributed by atoms with E-state index in [1.165, 1.54) is 0 Å². The number of hydrogen-bond acceptors (Lipinski definition) is 3. The summed E-state index contributed by atoms with van der Waals surface area (Å²) in [5, 5.41) is 2.58. The van der Waals surface area contributed by atoms with E-state index in [0.717, 1.165) is 30.4 Å². The average molecular weight is 341 g/mol. The molecule has 1 aliphatic rings. The largest absolute Gasteiger partial charge is 0.484 e. The molecular formula is C14H17BrN2O3. The summed E-state index contributed by atoms with van der Waals surface area (Å²) < 4.78 is 6.27. The van der Waals surface area contributed by atoms with Crippen molar-refractivity contribution in [2.75, 3.05) is 26.2 Å². The van der Waals surface area contributed by atoms with Gasteiger partial charge >= 0.3 is 0 Å². The molecule has 6 heteroatoms.